The quantitative estimate of drug-likeness (QED) is 0.330. The highest BCUT2D eigenvalue weighted by atomic mass is 127. The van der Waals surface area contributed by atoms with E-state index in [1.54, 1.807) is 0 Å². The number of nitrogens with one attached hydrogen (secondary N) is 1. The maximum atomic E-state index is 6.03. The van der Waals surface area contributed by atoms with Crippen molar-refractivity contribution in [2.75, 3.05) is 18.5 Å². The lowest BCUT2D eigenvalue weighted by Gasteiger charge is -2.10. The van der Waals surface area contributed by atoms with Crippen LogP contribution < -0.4 is 20.5 Å². The zero-order chi connectivity index (χ0) is 17.9. The minimum atomic E-state index is 0. The van der Waals surface area contributed by atoms with Crippen molar-refractivity contribution in [2.45, 2.75) is 19.9 Å². The van der Waals surface area contributed by atoms with E-state index >= 15 is 0 Å². The second-order valence-corrected chi connectivity index (χ2v) is 6.18. The molecule has 2 aromatic carbocycles. The van der Waals surface area contributed by atoms with Crippen LogP contribution in [-0.2, 0) is 6.54 Å². The monoisotopic (exact) mass is 479 g/mol. The third-order valence-electron chi connectivity index (χ3n) is 4.36. The lowest BCUT2D eigenvalue weighted by atomic mass is 10.1. The van der Waals surface area contributed by atoms with E-state index < -0.39 is 0 Å². The number of guanidine groups is 1. The zero-order valence-electron chi connectivity index (χ0n) is 15.0. The molecule has 0 spiro atoms. The van der Waals surface area contributed by atoms with Crippen LogP contribution in [0.1, 0.15) is 17.7 Å². The van der Waals surface area contributed by atoms with Crippen LogP contribution in [0.4, 0.5) is 5.69 Å². The SMILES string of the molecule is Cc1c(CN=C(N)Nc2ccc3c(c2)OCCCO3)oc2ccccc12.I. The van der Waals surface area contributed by atoms with E-state index in [2.05, 4.69) is 10.3 Å². The smallest absolute Gasteiger partial charge is 0.193 e. The summed E-state index contributed by atoms with van der Waals surface area (Å²) in [5.74, 6) is 2.60. The number of aryl methyl sites for hydroxylation is 1. The molecule has 4 rings (SSSR count). The Kier molecular flexibility index (Phi) is 6.10. The van der Waals surface area contributed by atoms with Gasteiger partial charge in [0.25, 0.3) is 0 Å². The molecule has 0 saturated carbocycles. The average molecular weight is 479 g/mol. The fraction of sp³-hybridized carbons (Fsp3) is 0.250. The van der Waals surface area contributed by atoms with Crippen LogP contribution in [0.15, 0.2) is 51.9 Å². The zero-order valence-corrected chi connectivity index (χ0v) is 17.4. The summed E-state index contributed by atoms with van der Waals surface area (Å²) in [6.45, 7) is 3.72. The molecule has 0 bridgehead atoms. The van der Waals surface area contributed by atoms with Crippen LogP contribution in [0, 0.1) is 6.92 Å². The Morgan fingerprint density at radius 1 is 1.11 bits per heavy atom. The highest BCUT2D eigenvalue weighted by Crippen LogP contribution is 2.32. The van der Waals surface area contributed by atoms with Crippen molar-refractivity contribution in [1.29, 1.82) is 0 Å². The van der Waals surface area contributed by atoms with Gasteiger partial charge in [-0.05, 0) is 25.1 Å². The number of para-hydroxylation sites is 1. The van der Waals surface area contributed by atoms with Gasteiger partial charge in [-0.3, -0.25) is 0 Å². The lowest BCUT2D eigenvalue weighted by molar-refractivity contribution is 0.297. The first-order valence-electron chi connectivity index (χ1n) is 8.64. The summed E-state index contributed by atoms with van der Waals surface area (Å²) >= 11 is 0. The highest BCUT2D eigenvalue weighted by molar-refractivity contribution is 14.0. The number of nitrogens with zero attached hydrogens (tertiary/aromatic N) is 1. The molecule has 7 heteroatoms. The number of rotatable bonds is 3. The van der Waals surface area contributed by atoms with Crippen molar-refractivity contribution < 1.29 is 13.9 Å². The van der Waals surface area contributed by atoms with Crippen LogP contribution in [-0.4, -0.2) is 19.2 Å². The van der Waals surface area contributed by atoms with Gasteiger partial charge in [0, 0.05) is 29.1 Å². The maximum Gasteiger partial charge on any atom is 0.193 e. The fourth-order valence-corrected chi connectivity index (χ4v) is 2.96. The minimum absolute atomic E-state index is 0. The molecule has 0 amide bonds. The number of hydrogen-bond donors (Lipinski definition) is 2. The number of benzene rings is 2. The molecule has 27 heavy (non-hydrogen) atoms. The molecule has 2 heterocycles. The molecular weight excluding hydrogens is 457 g/mol. The van der Waals surface area contributed by atoms with Crippen LogP contribution in [0.3, 0.4) is 0 Å². The Hall–Kier alpha value is -2.42. The van der Waals surface area contributed by atoms with Crippen molar-refractivity contribution in [1.82, 2.24) is 0 Å². The summed E-state index contributed by atoms with van der Waals surface area (Å²) in [6.07, 6.45) is 0.873. The van der Waals surface area contributed by atoms with Crippen LogP contribution in [0.5, 0.6) is 11.5 Å². The van der Waals surface area contributed by atoms with E-state index in [4.69, 9.17) is 19.6 Å². The van der Waals surface area contributed by atoms with E-state index in [-0.39, 0.29) is 24.0 Å². The van der Waals surface area contributed by atoms with Gasteiger partial charge in [-0.2, -0.15) is 0 Å². The van der Waals surface area contributed by atoms with Crippen molar-refractivity contribution in [3.8, 4) is 11.5 Å². The number of fused-ring (bicyclic) bond motifs is 2. The van der Waals surface area contributed by atoms with Crippen molar-refractivity contribution in [3.05, 3.63) is 53.8 Å². The molecule has 0 saturated heterocycles. The Morgan fingerprint density at radius 3 is 2.70 bits per heavy atom. The molecule has 3 aromatic rings. The molecule has 0 aliphatic carbocycles. The van der Waals surface area contributed by atoms with Gasteiger partial charge in [0.15, 0.2) is 17.5 Å². The first-order valence-corrected chi connectivity index (χ1v) is 8.64. The van der Waals surface area contributed by atoms with Crippen molar-refractivity contribution in [3.63, 3.8) is 0 Å². The van der Waals surface area contributed by atoms with Gasteiger partial charge in [0.1, 0.15) is 17.9 Å². The summed E-state index contributed by atoms with van der Waals surface area (Å²) in [5.41, 5.74) is 8.79. The van der Waals surface area contributed by atoms with E-state index in [9.17, 15) is 0 Å². The van der Waals surface area contributed by atoms with Gasteiger partial charge in [-0.25, -0.2) is 4.99 Å². The largest absolute Gasteiger partial charge is 0.490 e. The number of hydrogen-bond acceptors (Lipinski definition) is 4. The Balaban J connectivity index is 0.00000210. The van der Waals surface area contributed by atoms with Crippen molar-refractivity contribution >= 4 is 46.6 Å². The topological polar surface area (TPSA) is 82.0 Å². The van der Waals surface area contributed by atoms with Gasteiger partial charge in [0.2, 0.25) is 0 Å². The molecular formula is C20H22IN3O3. The standard InChI is InChI=1S/C20H21N3O3.HI/c1-13-15-5-2-3-6-16(15)26-19(13)12-22-20(21)23-14-7-8-17-18(11-14)25-10-4-9-24-17;/h2-3,5-8,11H,4,9-10,12H2,1H3,(H3,21,22,23);1H. The molecule has 1 aliphatic rings. The summed E-state index contributed by atoms with van der Waals surface area (Å²) in [5, 5.41) is 4.19. The van der Waals surface area contributed by atoms with E-state index in [1.165, 1.54) is 0 Å². The number of aliphatic imine (C=N–C) groups is 1. The fourth-order valence-electron chi connectivity index (χ4n) is 2.96. The van der Waals surface area contributed by atoms with E-state index in [1.807, 2.05) is 49.4 Å². The Labute approximate surface area is 174 Å². The molecule has 0 atom stereocenters. The van der Waals surface area contributed by atoms with Gasteiger partial charge < -0.3 is 24.9 Å². The van der Waals surface area contributed by atoms with Crippen LogP contribution >= 0.6 is 24.0 Å². The van der Waals surface area contributed by atoms with Gasteiger partial charge in [-0.15, -0.1) is 24.0 Å². The molecule has 1 aromatic heterocycles. The number of furan rings is 1. The lowest BCUT2D eigenvalue weighted by Crippen LogP contribution is -2.22. The molecule has 0 unspecified atom stereocenters. The average Bonchev–Trinajstić information content (AvgIpc) is 2.81. The Bertz CT molecular complexity index is 968. The second-order valence-electron chi connectivity index (χ2n) is 6.18. The van der Waals surface area contributed by atoms with Gasteiger partial charge >= 0.3 is 0 Å². The number of ether oxygens (including phenoxy) is 2. The molecule has 142 valence electrons. The first kappa shape index (κ1) is 19.3. The second kappa shape index (κ2) is 8.51. The number of nitrogens with two attached hydrogens (primary N) is 1. The van der Waals surface area contributed by atoms with Gasteiger partial charge in [0.05, 0.1) is 13.2 Å². The van der Waals surface area contributed by atoms with Gasteiger partial charge in [-0.1, -0.05) is 18.2 Å². The summed E-state index contributed by atoms with van der Waals surface area (Å²) in [6, 6.07) is 13.6. The Morgan fingerprint density at radius 2 is 1.89 bits per heavy atom. The van der Waals surface area contributed by atoms with Crippen molar-refractivity contribution in [2.24, 2.45) is 10.7 Å². The predicted molar refractivity (Wildman–Crippen MR) is 117 cm³/mol. The third-order valence-corrected chi connectivity index (χ3v) is 4.36. The number of anilines is 1. The molecule has 6 nitrogen and oxygen atoms in total. The normalized spacial score (nSPS) is 13.7. The predicted octanol–water partition coefficient (Wildman–Crippen LogP) is 4.45. The summed E-state index contributed by atoms with van der Waals surface area (Å²) in [7, 11) is 0. The van der Waals surface area contributed by atoms with E-state index in [0.29, 0.717) is 31.5 Å². The summed E-state index contributed by atoms with van der Waals surface area (Å²) in [4.78, 5) is 4.39. The summed E-state index contributed by atoms with van der Waals surface area (Å²) < 4.78 is 17.2. The van der Waals surface area contributed by atoms with Crippen LogP contribution in [0.2, 0.25) is 0 Å². The third kappa shape index (κ3) is 4.29. The van der Waals surface area contributed by atoms with Crippen LogP contribution in [0.25, 0.3) is 11.0 Å². The molecule has 0 radical (unpaired) electrons. The minimum Gasteiger partial charge on any atom is -0.490 e. The number of halogens is 1. The molecule has 0 fully saturated rings. The molecule has 1 aliphatic heterocycles. The first-order chi connectivity index (χ1) is 12.7. The molecule has 3 N–H and O–H groups in total. The highest BCUT2D eigenvalue weighted by Gasteiger charge is 2.12. The van der Waals surface area contributed by atoms with E-state index in [0.717, 1.165) is 40.2 Å². The maximum absolute atomic E-state index is 6.03.